The van der Waals surface area contributed by atoms with E-state index in [9.17, 15) is 0 Å². The monoisotopic (exact) mass is 726 g/mol. The number of hydrogen-bond donors (Lipinski definition) is 2. The van der Waals surface area contributed by atoms with Gasteiger partial charge in [0.15, 0.2) is 17.5 Å². The lowest BCUT2D eigenvalue weighted by atomic mass is 9.89. The van der Waals surface area contributed by atoms with Gasteiger partial charge in [-0.3, -0.25) is 0 Å². The minimum Gasteiger partial charge on any atom is -0.423 e. The van der Waals surface area contributed by atoms with Crippen LogP contribution in [-0.2, 0) is 0 Å². The van der Waals surface area contributed by atoms with E-state index in [0.717, 1.165) is 26.1 Å². The fourth-order valence-electron chi connectivity index (χ4n) is 4.44. The molecule has 0 amide bonds. The smallest absolute Gasteiger partial charge is 0.423 e. The summed E-state index contributed by atoms with van der Waals surface area (Å²) in [6.07, 6.45) is 0. The third kappa shape index (κ3) is 8.57. The van der Waals surface area contributed by atoms with Crippen LogP contribution in [0.4, 0.5) is 0 Å². The van der Waals surface area contributed by atoms with E-state index in [1.165, 1.54) is 21.4 Å². The Kier molecular flexibility index (Phi) is 11.0. The van der Waals surface area contributed by atoms with Gasteiger partial charge in [-0.05, 0) is 69.8 Å². The summed E-state index contributed by atoms with van der Waals surface area (Å²) in [6.45, 7) is 0. The summed E-state index contributed by atoms with van der Waals surface area (Å²) in [7, 11) is -1.35. The molecule has 0 aliphatic heterocycles. The molecule has 0 radical (unpaired) electrons. The maximum atomic E-state index is 8.89. The van der Waals surface area contributed by atoms with Gasteiger partial charge in [0.2, 0.25) is 15.9 Å². The molecular formula is C34H22BCl3N6O2S2. The zero-order valence-electron chi connectivity index (χ0n) is 24.7. The molecule has 2 N–H and O–H groups in total. The van der Waals surface area contributed by atoms with Crippen LogP contribution in [0.2, 0.25) is 15.9 Å². The second kappa shape index (κ2) is 15.7. The summed E-state index contributed by atoms with van der Waals surface area (Å²) in [5.41, 5.74) is 1.79. The fourth-order valence-corrected chi connectivity index (χ4v) is 6.90. The van der Waals surface area contributed by atoms with Gasteiger partial charge in [0.25, 0.3) is 0 Å². The molecule has 0 fully saturated rings. The van der Waals surface area contributed by atoms with E-state index < -0.39 is 7.12 Å². The summed E-state index contributed by atoms with van der Waals surface area (Å²) < 4.78 is 2.88. The maximum absolute atomic E-state index is 8.89. The molecule has 14 heteroatoms. The molecule has 48 heavy (non-hydrogen) atoms. The number of fused-ring (bicyclic) bond motifs is 2. The second-order valence-electron chi connectivity index (χ2n) is 9.89. The summed E-state index contributed by atoms with van der Waals surface area (Å²) in [6, 6.07) is 39.1. The van der Waals surface area contributed by atoms with Gasteiger partial charge in [-0.1, -0.05) is 97.1 Å². The highest BCUT2D eigenvalue weighted by Crippen LogP contribution is 2.32. The topological polar surface area (TPSA) is 118 Å². The van der Waals surface area contributed by atoms with Crippen LogP contribution in [0.3, 0.4) is 0 Å². The van der Waals surface area contributed by atoms with Crippen LogP contribution < -0.4 is 4.78 Å². The third-order valence-electron chi connectivity index (χ3n) is 6.60. The zero-order valence-corrected chi connectivity index (χ0v) is 28.6. The molecule has 4 heterocycles. The van der Waals surface area contributed by atoms with Crippen molar-refractivity contribution >= 4 is 89.5 Å². The SMILES string of the molecule is Clc1nc(-c2ccccc2)nc(-c2cc3ccccc3s2)n1.Clc1nc(Cl)nc(-c2ccccc2)n1.OB(O)c1cc2ccccc2s1. The number of nitrogens with zero attached hydrogens (tertiary/aromatic N) is 6. The number of rotatable bonds is 4. The van der Waals surface area contributed by atoms with Gasteiger partial charge in [0.1, 0.15) is 0 Å². The Balaban J connectivity index is 0.000000134. The predicted octanol–water partition coefficient (Wildman–Crippen LogP) is 8.50. The van der Waals surface area contributed by atoms with Crippen LogP contribution in [0.15, 0.2) is 121 Å². The minimum atomic E-state index is -1.35. The largest absolute Gasteiger partial charge is 0.499 e. The Bertz CT molecular complexity index is 2210. The Morgan fingerprint density at radius 1 is 0.458 bits per heavy atom. The van der Waals surface area contributed by atoms with E-state index in [4.69, 9.17) is 44.9 Å². The highest BCUT2D eigenvalue weighted by molar-refractivity contribution is 7.27. The van der Waals surface area contributed by atoms with Crippen molar-refractivity contribution in [2.45, 2.75) is 0 Å². The quantitative estimate of drug-likeness (QED) is 0.173. The Labute approximate surface area is 298 Å². The van der Waals surface area contributed by atoms with Crippen LogP contribution >= 0.6 is 57.5 Å². The first-order chi connectivity index (χ1) is 23.3. The Morgan fingerprint density at radius 2 is 0.896 bits per heavy atom. The summed E-state index contributed by atoms with van der Waals surface area (Å²) in [5, 5.41) is 20.4. The van der Waals surface area contributed by atoms with Gasteiger partial charge in [0.05, 0.1) is 4.88 Å². The molecule has 8 aromatic rings. The van der Waals surface area contributed by atoms with Crippen molar-refractivity contribution in [1.29, 1.82) is 0 Å². The van der Waals surface area contributed by atoms with Gasteiger partial charge in [0, 0.05) is 25.3 Å². The molecule has 0 bridgehead atoms. The minimum absolute atomic E-state index is 0.101. The molecule has 0 aliphatic rings. The fraction of sp³-hybridized carbons (Fsp3) is 0. The van der Waals surface area contributed by atoms with Crippen molar-refractivity contribution in [3.8, 4) is 33.5 Å². The third-order valence-corrected chi connectivity index (χ3v) is 9.37. The van der Waals surface area contributed by atoms with E-state index in [1.807, 2.05) is 97.1 Å². The van der Waals surface area contributed by atoms with Crippen LogP contribution in [-0.4, -0.2) is 47.1 Å². The van der Waals surface area contributed by atoms with Gasteiger partial charge >= 0.3 is 7.12 Å². The number of aromatic nitrogens is 6. The Hall–Kier alpha value is -4.33. The van der Waals surface area contributed by atoms with Crippen LogP contribution in [0.1, 0.15) is 0 Å². The highest BCUT2D eigenvalue weighted by Gasteiger charge is 2.14. The standard InChI is InChI=1S/C17H10ClN3S.C9H5Cl2N3.C8H7BO2S/c18-17-20-15(11-6-2-1-3-7-11)19-16(21-17)14-10-12-8-4-5-9-13(12)22-14;10-8-12-7(13-9(11)14-8)6-4-2-1-3-5-6;10-9(11)8-5-6-3-1-2-4-7(6)12-8/h1-10H;1-5H;1-5,10-11H. The highest BCUT2D eigenvalue weighted by atomic mass is 35.5. The average Bonchev–Trinajstić information content (AvgIpc) is 3.74. The van der Waals surface area contributed by atoms with E-state index >= 15 is 0 Å². The van der Waals surface area contributed by atoms with E-state index in [0.29, 0.717) is 22.2 Å². The molecule has 0 atom stereocenters. The van der Waals surface area contributed by atoms with E-state index in [2.05, 4.69) is 48.1 Å². The van der Waals surface area contributed by atoms with Gasteiger partial charge in [-0.15, -0.1) is 22.7 Å². The van der Waals surface area contributed by atoms with Crippen LogP contribution in [0.5, 0.6) is 0 Å². The number of halogens is 3. The van der Waals surface area contributed by atoms with Crippen LogP contribution in [0, 0.1) is 0 Å². The van der Waals surface area contributed by atoms with Gasteiger partial charge < -0.3 is 10.0 Å². The molecule has 4 aromatic heterocycles. The lowest BCUT2D eigenvalue weighted by Gasteiger charge is -2.02. The first-order valence-corrected chi connectivity index (χ1v) is 17.0. The van der Waals surface area contributed by atoms with E-state index in [-0.39, 0.29) is 15.9 Å². The Morgan fingerprint density at radius 3 is 1.42 bits per heavy atom. The molecule has 236 valence electrons. The van der Waals surface area contributed by atoms with Crippen molar-refractivity contribution < 1.29 is 10.0 Å². The maximum Gasteiger partial charge on any atom is 0.499 e. The first-order valence-electron chi connectivity index (χ1n) is 14.3. The number of benzene rings is 4. The molecular weight excluding hydrogens is 706 g/mol. The average molecular weight is 728 g/mol. The zero-order chi connectivity index (χ0) is 33.5. The van der Waals surface area contributed by atoms with Crippen molar-refractivity contribution in [3.05, 3.63) is 137 Å². The lowest BCUT2D eigenvalue weighted by Crippen LogP contribution is -2.26. The number of hydrogen-bond acceptors (Lipinski definition) is 10. The summed E-state index contributed by atoms with van der Waals surface area (Å²) in [4.78, 5) is 25.7. The predicted molar refractivity (Wildman–Crippen MR) is 198 cm³/mol. The van der Waals surface area contributed by atoms with Gasteiger partial charge in [-0.25, -0.2) is 4.98 Å². The molecule has 8 rings (SSSR count). The summed E-state index contributed by atoms with van der Waals surface area (Å²) >= 11 is 20.5. The van der Waals surface area contributed by atoms with Crippen molar-refractivity contribution in [2.24, 2.45) is 0 Å². The van der Waals surface area contributed by atoms with Crippen molar-refractivity contribution in [1.82, 2.24) is 29.9 Å². The molecule has 0 spiro atoms. The number of thiophene rings is 2. The molecule has 0 unspecified atom stereocenters. The van der Waals surface area contributed by atoms with Crippen molar-refractivity contribution in [3.63, 3.8) is 0 Å². The lowest BCUT2D eigenvalue weighted by molar-refractivity contribution is 0.427. The molecule has 4 aromatic carbocycles. The van der Waals surface area contributed by atoms with E-state index in [1.54, 1.807) is 17.4 Å². The molecule has 0 aliphatic carbocycles. The molecule has 0 saturated carbocycles. The summed E-state index contributed by atoms with van der Waals surface area (Å²) in [5.74, 6) is 1.68. The van der Waals surface area contributed by atoms with Crippen molar-refractivity contribution in [2.75, 3.05) is 0 Å². The first kappa shape index (κ1) is 33.6. The van der Waals surface area contributed by atoms with Gasteiger partial charge in [-0.2, -0.15) is 24.9 Å². The van der Waals surface area contributed by atoms with Crippen LogP contribution in [0.25, 0.3) is 53.6 Å². The second-order valence-corrected chi connectivity index (χ2v) is 13.1. The molecule has 0 saturated heterocycles. The molecule has 8 nitrogen and oxygen atoms in total. The normalized spacial score (nSPS) is 10.6.